The monoisotopic (exact) mass is 455 g/mol. The average Bonchev–Trinajstić information content (AvgIpc) is 3.17. The van der Waals surface area contributed by atoms with Gasteiger partial charge in [-0.05, 0) is 36.4 Å². The lowest BCUT2D eigenvalue weighted by Crippen LogP contribution is -2.37. The molecule has 31 heavy (non-hydrogen) atoms. The number of rotatable bonds is 5. The van der Waals surface area contributed by atoms with E-state index in [1.54, 1.807) is 0 Å². The Morgan fingerprint density at radius 1 is 1.06 bits per heavy atom. The predicted molar refractivity (Wildman–Crippen MR) is 121 cm³/mol. The Morgan fingerprint density at radius 2 is 1.77 bits per heavy atom. The molecule has 2 aromatic carbocycles. The van der Waals surface area contributed by atoms with Crippen molar-refractivity contribution in [3.05, 3.63) is 80.7 Å². The normalized spacial score (nSPS) is 11.1. The Bertz CT molecular complexity index is 1410. The molecule has 4 rings (SSSR count). The predicted octanol–water partition coefficient (Wildman–Crippen LogP) is 2.88. The van der Waals surface area contributed by atoms with Crippen LogP contribution in [0, 0.1) is 0 Å². The van der Waals surface area contributed by atoms with Crippen LogP contribution in [0.5, 0.6) is 0 Å². The molecule has 0 radical (unpaired) electrons. The van der Waals surface area contributed by atoms with E-state index in [4.69, 9.17) is 11.6 Å². The topological polar surface area (TPSA) is 90.9 Å². The van der Waals surface area contributed by atoms with Gasteiger partial charge in [-0.3, -0.25) is 18.7 Å². The molecule has 8 nitrogen and oxygen atoms in total. The van der Waals surface area contributed by atoms with Crippen LogP contribution in [0.4, 0.5) is 5.69 Å². The Morgan fingerprint density at radius 3 is 2.52 bits per heavy atom. The molecule has 0 atom stereocenters. The zero-order valence-corrected chi connectivity index (χ0v) is 18.3. The van der Waals surface area contributed by atoms with E-state index < -0.39 is 11.2 Å². The van der Waals surface area contributed by atoms with Crippen molar-refractivity contribution in [3.63, 3.8) is 0 Å². The quantitative estimate of drug-likeness (QED) is 0.499. The standard InChI is InChI=1S/C21H18ClN5O3S/c1-25-19-18(20(29)26(2)21(25)30)27(12-23-19)11-17(28)24-15-5-3-4-6-16(15)31-14-9-7-13(22)8-10-14/h3-10,12H,11H2,1-2H3,(H,24,28). The van der Waals surface area contributed by atoms with Gasteiger partial charge in [0.05, 0.1) is 12.0 Å². The minimum absolute atomic E-state index is 0.121. The molecule has 10 heteroatoms. The fraction of sp³-hybridized carbons (Fsp3) is 0.143. The van der Waals surface area contributed by atoms with Gasteiger partial charge < -0.3 is 9.88 Å². The highest BCUT2D eigenvalue weighted by molar-refractivity contribution is 7.99. The summed E-state index contributed by atoms with van der Waals surface area (Å²) in [6.45, 7) is -0.121. The number of hydrogen-bond donors (Lipinski definition) is 1. The van der Waals surface area contributed by atoms with E-state index in [0.717, 1.165) is 14.4 Å². The van der Waals surface area contributed by atoms with Gasteiger partial charge in [-0.2, -0.15) is 0 Å². The summed E-state index contributed by atoms with van der Waals surface area (Å²) < 4.78 is 3.72. The van der Waals surface area contributed by atoms with Crippen LogP contribution in [0.25, 0.3) is 11.2 Å². The molecule has 0 bridgehead atoms. The molecule has 0 aliphatic heterocycles. The number of benzene rings is 2. The number of aryl methyl sites for hydroxylation is 1. The molecule has 4 aromatic rings. The highest BCUT2D eigenvalue weighted by Gasteiger charge is 2.16. The summed E-state index contributed by atoms with van der Waals surface area (Å²) in [6, 6.07) is 14.9. The van der Waals surface area contributed by atoms with Crippen molar-refractivity contribution < 1.29 is 4.79 Å². The summed E-state index contributed by atoms with van der Waals surface area (Å²) in [5, 5.41) is 3.55. The summed E-state index contributed by atoms with van der Waals surface area (Å²) >= 11 is 7.45. The van der Waals surface area contributed by atoms with Gasteiger partial charge in [0, 0.05) is 28.9 Å². The molecule has 0 saturated carbocycles. The number of amides is 1. The molecular formula is C21H18ClN5O3S. The fourth-order valence-corrected chi connectivity index (χ4v) is 4.18. The lowest BCUT2D eigenvalue weighted by atomic mass is 10.3. The van der Waals surface area contributed by atoms with Crippen molar-refractivity contribution in [1.29, 1.82) is 0 Å². The Balaban J connectivity index is 1.59. The van der Waals surface area contributed by atoms with E-state index in [1.807, 2.05) is 48.5 Å². The van der Waals surface area contributed by atoms with Crippen molar-refractivity contribution in [2.45, 2.75) is 16.3 Å². The molecule has 0 aliphatic rings. The Kier molecular flexibility index (Phi) is 5.71. The molecule has 2 heterocycles. The smallest absolute Gasteiger partial charge is 0.324 e. The number of para-hydroxylation sites is 1. The lowest BCUT2D eigenvalue weighted by Gasteiger charge is -2.12. The first-order valence-electron chi connectivity index (χ1n) is 9.28. The number of hydrogen-bond acceptors (Lipinski definition) is 5. The van der Waals surface area contributed by atoms with Crippen molar-refractivity contribution in [3.8, 4) is 0 Å². The Hall–Kier alpha value is -3.30. The minimum Gasteiger partial charge on any atom is -0.324 e. The van der Waals surface area contributed by atoms with E-state index in [1.165, 1.54) is 41.3 Å². The summed E-state index contributed by atoms with van der Waals surface area (Å²) in [4.78, 5) is 43.4. The van der Waals surface area contributed by atoms with Gasteiger partial charge in [0.2, 0.25) is 5.91 Å². The third kappa shape index (κ3) is 4.14. The van der Waals surface area contributed by atoms with Gasteiger partial charge in [0.1, 0.15) is 6.54 Å². The van der Waals surface area contributed by atoms with Crippen LogP contribution in [-0.2, 0) is 25.4 Å². The first kappa shape index (κ1) is 21.0. The SMILES string of the molecule is Cn1c(=O)c2c(ncn2CC(=O)Nc2ccccc2Sc2ccc(Cl)cc2)n(C)c1=O. The van der Waals surface area contributed by atoms with Crippen LogP contribution < -0.4 is 16.6 Å². The van der Waals surface area contributed by atoms with Crippen molar-refractivity contribution >= 4 is 46.1 Å². The second kappa shape index (κ2) is 8.44. The molecule has 2 aromatic heterocycles. The van der Waals surface area contributed by atoms with Gasteiger partial charge >= 0.3 is 5.69 Å². The van der Waals surface area contributed by atoms with E-state index >= 15 is 0 Å². The number of anilines is 1. The van der Waals surface area contributed by atoms with Crippen LogP contribution in [0.3, 0.4) is 0 Å². The van der Waals surface area contributed by atoms with Crippen molar-refractivity contribution in [2.24, 2.45) is 14.1 Å². The third-order valence-corrected chi connectivity index (χ3v) is 6.07. The lowest BCUT2D eigenvalue weighted by molar-refractivity contribution is -0.116. The molecule has 0 fully saturated rings. The minimum atomic E-state index is -0.498. The highest BCUT2D eigenvalue weighted by atomic mass is 35.5. The van der Waals surface area contributed by atoms with Crippen LogP contribution in [0.1, 0.15) is 0 Å². The molecule has 0 unspecified atom stereocenters. The second-order valence-corrected chi connectivity index (χ2v) is 8.40. The van der Waals surface area contributed by atoms with Crippen molar-refractivity contribution in [2.75, 3.05) is 5.32 Å². The molecule has 0 saturated heterocycles. The summed E-state index contributed by atoms with van der Waals surface area (Å²) in [7, 11) is 2.93. The summed E-state index contributed by atoms with van der Waals surface area (Å²) in [6.07, 6.45) is 1.39. The maximum atomic E-state index is 12.8. The second-order valence-electron chi connectivity index (χ2n) is 6.85. The van der Waals surface area contributed by atoms with Gasteiger partial charge in [-0.25, -0.2) is 9.78 Å². The number of nitrogens with zero attached hydrogens (tertiary/aromatic N) is 4. The number of carbonyl (C=O) groups is 1. The van der Waals surface area contributed by atoms with Crippen molar-refractivity contribution in [1.82, 2.24) is 18.7 Å². The number of halogens is 1. The summed E-state index contributed by atoms with van der Waals surface area (Å²) in [5.41, 5.74) is 0.114. The van der Waals surface area contributed by atoms with Gasteiger partial charge in [-0.15, -0.1) is 0 Å². The molecule has 1 N–H and O–H groups in total. The first-order chi connectivity index (χ1) is 14.8. The van der Waals surface area contributed by atoms with Crippen LogP contribution in [0.2, 0.25) is 5.02 Å². The molecule has 0 spiro atoms. The van der Waals surface area contributed by atoms with Crippen LogP contribution in [0.15, 0.2) is 74.2 Å². The first-order valence-corrected chi connectivity index (χ1v) is 10.5. The van der Waals surface area contributed by atoms with E-state index in [0.29, 0.717) is 10.7 Å². The van der Waals surface area contributed by atoms with E-state index in [9.17, 15) is 14.4 Å². The van der Waals surface area contributed by atoms with E-state index in [-0.39, 0.29) is 23.6 Å². The van der Waals surface area contributed by atoms with Gasteiger partial charge in [0.15, 0.2) is 11.2 Å². The van der Waals surface area contributed by atoms with E-state index in [2.05, 4.69) is 10.3 Å². The molecule has 1 amide bonds. The largest absolute Gasteiger partial charge is 0.332 e. The number of carbonyl (C=O) groups excluding carboxylic acids is 1. The summed E-state index contributed by atoms with van der Waals surface area (Å²) in [5.74, 6) is -0.320. The zero-order valence-electron chi connectivity index (χ0n) is 16.7. The zero-order chi connectivity index (χ0) is 22.1. The van der Waals surface area contributed by atoms with Gasteiger partial charge in [-0.1, -0.05) is 35.5 Å². The average molecular weight is 456 g/mol. The Labute approximate surface area is 186 Å². The maximum absolute atomic E-state index is 12.8. The number of nitrogens with one attached hydrogen (secondary N) is 1. The van der Waals surface area contributed by atoms with Crippen LogP contribution in [-0.4, -0.2) is 24.6 Å². The number of fused-ring (bicyclic) bond motifs is 1. The number of aromatic nitrogens is 4. The maximum Gasteiger partial charge on any atom is 0.332 e. The third-order valence-electron chi connectivity index (χ3n) is 4.73. The molecular weight excluding hydrogens is 438 g/mol. The molecule has 158 valence electrons. The number of imidazole rings is 1. The van der Waals surface area contributed by atoms with Crippen LogP contribution >= 0.6 is 23.4 Å². The van der Waals surface area contributed by atoms with Gasteiger partial charge in [0.25, 0.3) is 5.56 Å². The molecule has 0 aliphatic carbocycles. The highest BCUT2D eigenvalue weighted by Crippen LogP contribution is 2.33. The fourth-order valence-electron chi connectivity index (χ4n) is 3.15.